The van der Waals surface area contributed by atoms with E-state index in [-0.39, 0.29) is 5.91 Å². The van der Waals surface area contributed by atoms with Crippen molar-refractivity contribution in [3.63, 3.8) is 0 Å². The highest BCUT2D eigenvalue weighted by Crippen LogP contribution is 2.29. The molecule has 5 nitrogen and oxygen atoms in total. The van der Waals surface area contributed by atoms with Gasteiger partial charge in [0, 0.05) is 47.1 Å². The lowest BCUT2D eigenvalue weighted by molar-refractivity contribution is 0.0731. The average Bonchev–Trinajstić information content (AvgIpc) is 3.21. The van der Waals surface area contributed by atoms with Gasteiger partial charge in [0.2, 0.25) is 0 Å². The number of amides is 1. The van der Waals surface area contributed by atoms with Crippen molar-refractivity contribution in [3.05, 3.63) is 65.0 Å². The number of fused-ring (bicyclic) bond motifs is 4. The van der Waals surface area contributed by atoms with Crippen LogP contribution in [-0.2, 0) is 13.0 Å². The Kier molecular flexibility index (Phi) is 2.98. The summed E-state index contributed by atoms with van der Waals surface area (Å²) in [5.41, 5.74) is 6.16. The van der Waals surface area contributed by atoms with E-state index in [2.05, 4.69) is 27.3 Å². The van der Waals surface area contributed by atoms with Crippen LogP contribution in [0, 0.1) is 6.92 Å². The highest BCUT2D eigenvalue weighted by Gasteiger charge is 2.27. The lowest BCUT2D eigenvalue weighted by atomic mass is 10.0. The second-order valence-corrected chi connectivity index (χ2v) is 6.73. The minimum atomic E-state index is -0.00668. The largest absolute Gasteiger partial charge is 0.358 e. The van der Waals surface area contributed by atoms with E-state index < -0.39 is 0 Å². The van der Waals surface area contributed by atoms with E-state index in [1.165, 1.54) is 16.6 Å². The molecule has 25 heavy (non-hydrogen) atoms. The number of H-pyrrole nitrogens is 2. The normalized spacial score (nSPS) is 14.2. The first kappa shape index (κ1) is 14.3. The quantitative estimate of drug-likeness (QED) is 0.560. The van der Waals surface area contributed by atoms with Gasteiger partial charge in [-0.2, -0.15) is 5.10 Å². The molecule has 124 valence electrons. The smallest absolute Gasteiger partial charge is 0.275 e. The van der Waals surface area contributed by atoms with Gasteiger partial charge in [0.1, 0.15) is 0 Å². The standard InChI is InChI=1S/C20H18N4O/c1-12-6-7-18-14(10-12)19(23-22-18)20(25)24-9-8-17-15(11-24)13-4-2-3-5-16(13)21-17/h2-7,10,21H,8-9,11H2,1H3,(H,22,23). The Morgan fingerprint density at radius 3 is 2.92 bits per heavy atom. The first-order valence-corrected chi connectivity index (χ1v) is 8.53. The van der Waals surface area contributed by atoms with Crippen LogP contribution in [-0.4, -0.2) is 32.5 Å². The Balaban J connectivity index is 1.53. The summed E-state index contributed by atoms with van der Waals surface area (Å²) in [6.45, 7) is 3.36. The number of benzene rings is 2. The number of para-hydroxylation sites is 1. The van der Waals surface area contributed by atoms with Crippen molar-refractivity contribution >= 4 is 27.7 Å². The Morgan fingerprint density at radius 2 is 2.00 bits per heavy atom. The predicted octanol–water partition coefficient (Wildman–Crippen LogP) is 3.55. The molecule has 0 bridgehead atoms. The second-order valence-electron chi connectivity index (χ2n) is 6.73. The van der Waals surface area contributed by atoms with Crippen molar-refractivity contribution < 1.29 is 4.79 Å². The summed E-state index contributed by atoms with van der Waals surface area (Å²) in [6.07, 6.45) is 0.844. The third-order valence-electron chi connectivity index (χ3n) is 5.09. The van der Waals surface area contributed by atoms with Gasteiger partial charge in [-0.15, -0.1) is 0 Å². The molecule has 2 aromatic heterocycles. The Labute approximate surface area is 144 Å². The first-order chi connectivity index (χ1) is 12.2. The number of hydrogen-bond acceptors (Lipinski definition) is 2. The van der Waals surface area contributed by atoms with Gasteiger partial charge in [0.15, 0.2) is 5.69 Å². The van der Waals surface area contributed by atoms with Crippen LogP contribution in [0.15, 0.2) is 42.5 Å². The second kappa shape index (κ2) is 5.21. The molecule has 0 aliphatic carbocycles. The van der Waals surface area contributed by atoms with Crippen LogP contribution in [0.1, 0.15) is 27.3 Å². The molecule has 3 heterocycles. The Morgan fingerprint density at radius 1 is 1.12 bits per heavy atom. The van der Waals surface area contributed by atoms with E-state index in [1.54, 1.807) is 0 Å². The maximum atomic E-state index is 13.1. The van der Waals surface area contributed by atoms with Gasteiger partial charge in [-0.3, -0.25) is 9.89 Å². The van der Waals surface area contributed by atoms with E-state index in [1.807, 2.05) is 42.2 Å². The summed E-state index contributed by atoms with van der Waals surface area (Å²) < 4.78 is 0. The maximum Gasteiger partial charge on any atom is 0.275 e. The number of aromatic amines is 2. The molecule has 0 unspecified atom stereocenters. The number of carbonyl (C=O) groups is 1. The summed E-state index contributed by atoms with van der Waals surface area (Å²) in [7, 11) is 0. The number of nitrogens with one attached hydrogen (secondary N) is 2. The van der Waals surface area contributed by atoms with Crippen LogP contribution in [0.4, 0.5) is 0 Å². The highest BCUT2D eigenvalue weighted by atomic mass is 16.2. The molecule has 5 rings (SSSR count). The monoisotopic (exact) mass is 330 g/mol. The first-order valence-electron chi connectivity index (χ1n) is 8.53. The molecular formula is C20H18N4O. The molecule has 4 aromatic rings. The van der Waals surface area contributed by atoms with Crippen molar-refractivity contribution in [1.29, 1.82) is 0 Å². The van der Waals surface area contributed by atoms with Gasteiger partial charge >= 0.3 is 0 Å². The summed E-state index contributed by atoms with van der Waals surface area (Å²) in [6, 6.07) is 14.3. The molecule has 1 aliphatic rings. The molecule has 0 saturated carbocycles. The van der Waals surface area contributed by atoms with Crippen molar-refractivity contribution in [2.75, 3.05) is 6.54 Å². The van der Waals surface area contributed by atoms with E-state index in [0.29, 0.717) is 18.8 Å². The fourth-order valence-corrected chi connectivity index (χ4v) is 3.78. The van der Waals surface area contributed by atoms with E-state index in [4.69, 9.17) is 0 Å². The molecular weight excluding hydrogens is 312 g/mol. The third-order valence-corrected chi connectivity index (χ3v) is 5.09. The van der Waals surface area contributed by atoms with Crippen molar-refractivity contribution in [3.8, 4) is 0 Å². The van der Waals surface area contributed by atoms with Gasteiger partial charge in [0.05, 0.1) is 5.52 Å². The molecule has 0 atom stereocenters. The molecule has 1 aliphatic heterocycles. The number of carbonyl (C=O) groups excluding carboxylic acids is 1. The maximum absolute atomic E-state index is 13.1. The van der Waals surface area contributed by atoms with Gasteiger partial charge in [0.25, 0.3) is 5.91 Å². The minimum Gasteiger partial charge on any atom is -0.358 e. The van der Waals surface area contributed by atoms with E-state index in [0.717, 1.165) is 28.4 Å². The van der Waals surface area contributed by atoms with Crippen LogP contribution in [0.2, 0.25) is 0 Å². The summed E-state index contributed by atoms with van der Waals surface area (Å²) in [5.74, 6) is -0.00668. The van der Waals surface area contributed by atoms with E-state index in [9.17, 15) is 4.79 Å². The fraction of sp³-hybridized carbons (Fsp3) is 0.200. The number of rotatable bonds is 1. The lowest BCUT2D eigenvalue weighted by Crippen LogP contribution is -2.36. The molecule has 5 heteroatoms. The highest BCUT2D eigenvalue weighted by molar-refractivity contribution is 6.05. The molecule has 1 amide bonds. The minimum absolute atomic E-state index is 0.00668. The summed E-state index contributed by atoms with van der Waals surface area (Å²) >= 11 is 0. The topological polar surface area (TPSA) is 64.8 Å². The lowest BCUT2D eigenvalue weighted by Gasteiger charge is -2.26. The number of nitrogens with zero attached hydrogens (tertiary/aromatic N) is 2. The van der Waals surface area contributed by atoms with Crippen molar-refractivity contribution in [2.45, 2.75) is 19.9 Å². The average molecular weight is 330 g/mol. The third kappa shape index (κ3) is 2.16. The molecule has 0 saturated heterocycles. The van der Waals surface area contributed by atoms with Gasteiger partial charge < -0.3 is 9.88 Å². The molecule has 0 fully saturated rings. The van der Waals surface area contributed by atoms with Gasteiger partial charge in [-0.25, -0.2) is 0 Å². The van der Waals surface area contributed by atoms with E-state index >= 15 is 0 Å². The van der Waals surface area contributed by atoms with Crippen molar-refractivity contribution in [2.24, 2.45) is 0 Å². The number of aromatic nitrogens is 3. The predicted molar refractivity (Wildman–Crippen MR) is 97.6 cm³/mol. The zero-order valence-corrected chi connectivity index (χ0v) is 14.0. The van der Waals surface area contributed by atoms with Crippen LogP contribution in [0.5, 0.6) is 0 Å². The summed E-state index contributed by atoms with van der Waals surface area (Å²) in [5, 5.41) is 9.37. The van der Waals surface area contributed by atoms with Gasteiger partial charge in [-0.1, -0.05) is 29.8 Å². The SMILES string of the molecule is Cc1ccc2[nH]nc(C(=O)N3CCc4[nH]c5ccccc5c4C3)c2c1. The number of hydrogen-bond donors (Lipinski definition) is 2. The molecule has 0 spiro atoms. The van der Waals surface area contributed by atoms with Crippen LogP contribution in [0.25, 0.3) is 21.8 Å². The summed E-state index contributed by atoms with van der Waals surface area (Å²) in [4.78, 5) is 18.5. The Bertz CT molecular complexity index is 1120. The molecule has 2 aromatic carbocycles. The van der Waals surface area contributed by atoms with Crippen LogP contribution >= 0.6 is 0 Å². The van der Waals surface area contributed by atoms with Crippen molar-refractivity contribution in [1.82, 2.24) is 20.1 Å². The number of aryl methyl sites for hydroxylation is 1. The molecule has 0 radical (unpaired) electrons. The van der Waals surface area contributed by atoms with Gasteiger partial charge in [-0.05, 0) is 25.1 Å². The zero-order chi connectivity index (χ0) is 17.0. The Hall–Kier alpha value is -3.08. The molecule has 2 N–H and O–H groups in total. The van der Waals surface area contributed by atoms with Crippen LogP contribution in [0.3, 0.4) is 0 Å². The van der Waals surface area contributed by atoms with Crippen LogP contribution < -0.4 is 0 Å². The zero-order valence-electron chi connectivity index (χ0n) is 14.0. The fourth-order valence-electron chi connectivity index (χ4n) is 3.78.